The molecular formula is C18H23BFNO5. The Hall–Kier alpha value is -1.90. The van der Waals surface area contributed by atoms with Gasteiger partial charge in [-0.2, -0.15) is 0 Å². The summed E-state index contributed by atoms with van der Waals surface area (Å²) < 4.78 is 38.4. The Bertz CT molecular complexity index is 893. The van der Waals surface area contributed by atoms with Crippen molar-refractivity contribution in [3.8, 4) is 5.75 Å². The molecule has 2 heterocycles. The lowest BCUT2D eigenvalue weighted by atomic mass is 9.77. The van der Waals surface area contributed by atoms with Crippen molar-refractivity contribution in [3.05, 3.63) is 34.5 Å². The summed E-state index contributed by atoms with van der Waals surface area (Å²) in [6, 6.07) is 3.07. The summed E-state index contributed by atoms with van der Waals surface area (Å²) in [6.07, 6.45) is 1.16. The molecule has 8 heteroatoms. The number of aromatic nitrogens is 1. The number of hydrogen-bond donors (Lipinski definition) is 0. The zero-order chi connectivity index (χ0) is 19.3. The zero-order valence-corrected chi connectivity index (χ0v) is 15.9. The molecule has 0 saturated carbocycles. The minimum atomic E-state index is -0.750. The second-order valence-electron chi connectivity index (χ2n) is 7.47. The molecule has 1 aliphatic rings. The van der Waals surface area contributed by atoms with E-state index in [1.54, 1.807) is 6.07 Å². The van der Waals surface area contributed by atoms with Gasteiger partial charge in [-0.15, -0.1) is 0 Å². The van der Waals surface area contributed by atoms with Crippen molar-refractivity contribution >= 4 is 23.4 Å². The van der Waals surface area contributed by atoms with Crippen LogP contribution >= 0.6 is 0 Å². The van der Waals surface area contributed by atoms with Gasteiger partial charge in [-0.1, -0.05) is 0 Å². The molecule has 140 valence electrons. The van der Waals surface area contributed by atoms with E-state index in [1.165, 1.54) is 24.8 Å². The van der Waals surface area contributed by atoms with Gasteiger partial charge in [0.1, 0.15) is 11.6 Å². The Morgan fingerprint density at radius 1 is 1.15 bits per heavy atom. The van der Waals surface area contributed by atoms with Crippen LogP contribution in [0.2, 0.25) is 0 Å². The number of halogens is 1. The van der Waals surface area contributed by atoms with E-state index in [1.807, 2.05) is 27.7 Å². The molecule has 1 aromatic carbocycles. The van der Waals surface area contributed by atoms with Gasteiger partial charge >= 0.3 is 7.12 Å². The molecule has 0 radical (unpaired) electrons. The average molecular weight is 363 g/mol. The third kappa shape index (κ3) is 3.02. The molecule has 1 aromatic heterocycles. The van der Waals surface area contributed by atoms with Crippen LogP contribution in [-0.2, 0) is 21.1 Å². The zero-order valence-electron chi connectivity index (χ0n) is 15.9. The fourth-order valence-electron chi connectivity index (χ4n) is 2.86. The van der Waals surface area contributed by atoms with Gasteiger partial charge in [0.2, 0.25) is 0 Å². The number of methoxy groups -OCH3 is 1. The number of pyridine rings is 1. The summed E-state index contributed by atoms with van der Waals surface area (Å²) in [5.74, 6) is -0.140. The highest BCUT2D eigenvalue weighted by Gasteiger charge is 2.52. The summed E-state index contributed by atoms with van der Waals surface area (Å²) in [7, 11) is 2.25. The summed E-state index contributed by atoms with van der Waals surface area (Å²) in [6.45, 7) is 7.70. The van der Waals surface area contributed by atoms with Crippen LogP contribution in [0.5, 0.6) is 5.75 Å². The van der Waals surface area contributed by atoms with Crippen LogP contribution in [0.1, 0.15) is 27.7 Å². The fraction of sp³-hybridized carbons (Fsp3) is 0.500. The highest BCUT2D eigenvalue weighted by atomic mass is 19.1. The molecule has 1 aliphatic heterocycles. The standard InChI is InChI=1S/C18H23BFNO5/c1-17(2)18(3,4)26-19(25-17)13-7-11-12(8-15(13)24-10-23-6)16(22)21(5)9-14(11)20/h7-9H,10H2,1-6H3. The van der Waals surface area contributed by atoms with Gasteiger partial charge in [-0.25, -0.2) is 4.39 Å². The van der Waals surface area contributed by atoms with Gasteiger partial charge in [-0.05, 0) is 39.8 Å². The van der Waals surface area contributed by atoms with Gasteiger partial charge in [-0.3, -0.25) is 4.79 Å². The maximum absolute atomic E-state index is 14.5. The molecule has 1 fully saturated rings. The van der Waals surface area contributed by atoms with Crippen LogP contribution in [0, 0.1) is 5.82 Å². The van der Waals surface area contributed by atoms with E-state index in [9.17, 15) is 9.18 Å². The van der Waals surface area contributed by atoms with Crippen LogP contribution in [-0.4, -0.2) is 36.8 Å². The third-order valence-electron chi connectivity index (χ3n) is 5.10. The maximum atomic E-state index is 14.5. The first-order valence-electron chi connectivity index (χ1n) is 8.37. The van der Waals surface area contributed by atoms with Crippen molar-refractivity contribution in [2.45, 2.75) is 38.9 Å². The number of ether oxygens (including phenoxy) is 2. The number of benzene rings is 1. The Morgan fingerprint density at radius 2 is 1.77 bits per heavy atom. The highest BCUT2D eigenvalue weighted by Crippen LogP contribution is 2.37. The van der Waals surface area contributed by atoms with Gasteiger partial charge in [0.15, 0.2) is 6.79 Å². The first kappa shape index (κ1) is 18.9. The molecule has 2 aromatic rings. The van der Waals surface area contributed by atoms with Gasteiger partial charge < -0.3 is 23.3 Å². The Kier molecular flexibility index (Phi) is 4.63. The maximum Gasteiger partial charge on any atom is 0.498 e. The van der Waals surface area contributed by atoms with Gasteiger partial charge in [0.25, 0.3) is 5.56 Å². The summed E-state index contributed by atoms with van der Waals surface area (Å²) in [5.41, 5.74) is -0.919. The van der Waals surface area contributed by atoms with Crippen LogP contribution in [0.3, 0.4) is 0 Å². The Balaban J connectivity index is 2.19. The summed E-state index contributed by atoms with van der Waals surface area (Å²) in [4.78, 5) is 12.4. The van der Waals surface area contributed by atoms with Crippen LogP contribution in [0.15, 0.2) is 23.1 Å². The van der Waals surface area contributed by atoms with E-state index in [-0.39, 0.29) is 23.1 Å². The molecule has 26 heavy (non-hydrogen) atoms. The monoisotopic (exact) mass is 363 g/mol. The molecule has 6 nitrogen and oxygen atoms in total. The van der Waals surface area contributed by atoms with Crippen LogP contribution < -0.4 is 15.8 Å². The average Bonchev–Trinajstić information content (AvgIpc) is 2.77. The SMILES string of the molecule is COCOc1cc2c(=O)n(C)cc(F)c2cc1B1OC(C)(C)C(C)(C)O1. The van der Waals surface area contributed by atoms with Crippen molar-refractivity contribution in [2.24, 2.45) is 7.05 Å². The molecule has 0 amide bonds. The quantitative estimate of drug-likeness (QED) is 0.614. The first-order valence-corrected chi connectivity index (χ1v) is 8.37. The first-order chi connectivity index (χ1) is 12.1. The third-order valence-corrected chi connectivity index (χ3v) is 5.10. The molecule has 0 spiro atoms. The molecule has 0 bridgehead atoms. The molecule has 3 rings (SSSR count). The smallest absolute Gasteiger partial charge is 0.468 e. The molecule has 1 saturated heterocycles. The van der Waals surface area contributed by atoms with E-state index in [0.29, 0.717) is 11.2 Å². The minimum absolute atomic E-state index is 0.0202. The molecule has 0 aliphatic carbocycles. The lowest BCUT2D eigenvalue weighted by Gasteiger charge is -2.32. The Morgan fingerprint density at radius 3 is 2.35 bits per heavy atom. The predicted molar refractivity (Wildman–Crippen MR) is 97.4 cm³/mol. The van der Waals surface area contributed by atoms with Gasteiger partial charge in [0, 0.05) is 31.2 Å². The summed E-state index contributed by atoms with van der Waals surface area (Å²) >= 11 is 0. The molecule has 0 N–H and O–H groups in total. The minimum Gasteiger partial charge on any atom is -0.468 e. The van der Waals surface area contributed by atoms with Crippen molar-refractivity contribution < 1.29 is 23.2 Å². The lowest BCUT2D eigenvalue weighted by molar-refractivity contribution is 0.00578. The van der Waals surface area contributed by atoms with Crippen molar-refractivity contribution in [3.63, 3.8) is 0 Å². The number of aryl methyl sites for hydroxylation is 1. The Labute approximate surface area is 151 Å². The van der Waals surface area contributed by atoms with Crippen LogP contribution in [0.25, 0.3) is 10.8 Å². The highest BCUT2D eigenvalue weighted by molar-refractivity contribution is 6.63. The van der Waals surface area contributed by atoms with E-state index in [0.717, 1.165) is 6.20 Å². The van der Waals surface area contributed by atoms with Crippen molar-refractivity contribution in [1.29, 1.82) is 0 Å². The second-order valence-corrected chi connectivity index (χ2v) is 7.47. The molecule has 0 unspecified atom stereocenters. The van der Waals surface area contributed by atoms with Crippen molar-refractivity contribution in [1.82, 2.24) is 4.57 Å². The largest absolute Gasteiger partial charge is 0.498 e. The fourth-order valence-corrected chi connectivity index (χ4v) is 2.86. The normalized spacial score (nSPS) is 18.5. The number of rotatable bonds is 4. The van der Waals surface area contributed by atoms with E-state index < -0.39 is 24.1 Å². The second kappa shape index (κ2) is 6.37. The van der Waals surface area contributed by atoms with E-state index in [2.05, 4.69) is 0 Å². The van der Waals surface area contributed by atoms with Gasteiger partial charge in [0.05, 0.1) is 16.6 Å². The van der Waals surface area contributed by atoms with Crippen molar-refractivity contribution in [2.75, 3.05) is 13.9 Å². The number of nitrogens with zero attached hydrogens (tertiary/aromatic N) is 1. The molecule has 0 atom stereocenters. The van der Waals surface area contributed by atoms with E-state index >= 15 is 0 Å². The topological polar surface area (TPSA) is 58.9 Å². The predicted octanol–water partition coefficient (Wildman–Crippen LogP) is 1.96. The number of fused-ring (bicyclic) bond motifs is 1. The number of hydrogen-bond acceptors (Lipinski definition) is 5. The summed E-state index contributed by atoms with van der Waals surface area (Å²) in [5, 5.41) is 0.418. The van der Waals surface area contributed by atoms with Crippen LogP contribution in [0.4, 0.5) is 4.39 Å². The lowest BCUT2D eigenvalue weighted by Crippen LogP contribution is -2.41. The van der Waals surface area contributed by atoms with E-state index in [4.69, 9.17) is 18.8 Å². The molecular weight excluding hydrogens is 340 g/mol.